The second kappa shape index (κ2) is 10.7. The summed E-state index contributed by atoms with van der Waals surface area (Å²) in [6.07, 6.45) is 0.447. The highest BCUT2D eigenvalue weighted by Gasteiger charge is 2.25. The van der Waals surface area contributed by atoms with Crippen molar-refractivity contribution in [1.82, 2.24) is 4.90 Å². The van der Waals surface area contributed by atoms with Crippen LogP contribution in [0.2, 0.25) is 0 Å². The van der Waals surface area contributed by atoms with E-state index in [1.807, 2.05) is 31.2 Å². The van der Waals surface area contributed by atoms with Gasteiger partial charge in [-0.05, 0) is 49.2 Å². The van der Waals surface area contributed by atoms with E-state index in [4.69, 9.17) is 24.7 Å². The topological polar surface area (TPSA) is 100 Å². The molecule has 31 heavy (non-hydrogen) atoms. The quantitative estimate of drug-likeness (QED) is 0.552. The van der Waals surface area contributed by atoms with Crippen LogP contribution in [-0.2, 0) is 16.0 Å². The highest BCUT2D eigenvalue weighted by molar-refractivity contribution is 5.98. The minimum absolute atomic E-state index is 0.0807. The van der Waals surface area contributed by atoms with E-state index in [0.717, 1.165) is 5.56 Å². The monoisotopic (exact) mass is 428 g/mol. The van der Waals surface area contributed by atoms with Crippen LogP contribution in [0.1, 0.15) is 29.3 Å². The van der Waals surface area contributed by atoms with E-state index in [1.54, 1.807) is 30.2 Å². The number of ether oxygens (including phenoxy) is 4. The summed E-state index contributed by atoms with van der Waals surface area (Å²) in [5.74, 6) is 1.35. The molecule has 166 valence electrons. The number of carbonyl (C=O) groups excluding carboxylic acids is 2. The number of rotatable bonds is 11. The first kappa shape index (κ1) is 22.4. The van der Waals surface area contributed by atoms with Crippen molar-refractivity contribution in [2.75, 3.05) is 33.6 Å². The molecule has 8 nitrogen and oxygen atoms in total. The van der Waals surface area contributed by atoms with Gasteiger partial charge in [0.2, 0.25) is 5.91 Å². The van der Waals surface area contributed by atoms with Gasteiger partial charge in [0.15, 0.2) is 6.73 Å². The van der Waals surface area contributed by atoms with Gasteiger partial charge in [-0.2, -0.15) is 0 Å². The number of nitrogens with zero attached hydrogens (tertiary/aromatic N) is 1. The Labute approximate surface area is 181 Å². The fourth-order valence-electron chi connectivity index (χ4n) is 3.30. The Balaban J connectivity index is 1.45. The van der Waals surface area contributed by atoms with Crippen LogP contribution >= 0.6 is 0 Å². The maximum absolute atomic E-state index is 12.7. The number of benzene rings is 2. The summed E-state index contributed by atoms with van der Waals surface area (Å²) in [5.41, 5.74) is 6.80. The number of primary amides is 1. The zero-order chi connectivity index (χ0) is 22.2. The van der Waals surface area contributed by atoms with Crippen LogP contribution in [-0.4, -0.2) is 56.4 Å². The number of hydrogen-bond acceptors (Lipinski definition) is 6. The van der Waals surface area contributed by atoms with Crippen LogP contribution < -0.4 is 19.9 Å². The summed E-state index contributed by atoms with van der Waals surface area (Å²) >= 11 is 0. The normalized spacial score (nSPS) is 13.9. The fraction of sp³-hybridized carbons (Fsp3) is 0.391. The zero-order valence-corrected chi connectivity index (χ0v) is 17.8. The van der Waals surface area contributed by atoms with E-state index < -0.39 is 12.0 Å². The van der Waals surface area contributed by atoms with E-state index in [-0.39, 0.29) is 12.6 Å². The molecule has 0 spiro atoms. The molecule has 1 aliphatic heterocycles. The van der Waals surface area contributed by atoms with Gasteiger partial charge in [-0.15, -0.1) is 0 Å². The Morgan fingerprint density at radius 1 is 1.19 bits per heavy atom. The molecule has 8 heteroatoms. The van der Waals surface area contributed by atoms with Crippen molar-refractivity contribution in [3.05, 3.63) is 53.6 Å². The van der Waals surface area contributed by atoms with E-state index in [0.29, 0.717) is 55.4 Å². The molecule has 2 amide bonds. The first-order valence-electron chi connectivity index (χ1n) is 10.2. The van der Waals surface area contributed by atoms with E-state index in [2.05, 4.69) is 0 Å². The molecule has 1 atom stereocenters. The Morgan fingerprint density at radius 2 is 1.94 bits per heavy atom. The van der Waals surface area contributed by atoms with Crippen molar-refractivity contribution in [2.45, 2.75) is 25.9 Å². The van der Waals surface area contributed by atoms with Crippen LogP contribution in [0.15, 0.2) is 42.5 Å². The van der Waals surface area contributed by atoms with Gasteiger partial charge in [-0.25, -0.2) is 0 Å². The predicted molar refractivity (Wildman–Crippen MR) is 114 cm³/mol. The molecule has 1 aliphatic rings. The number of fused-ring (bicyclic) bond motifs is 1. The predicted octanol–water partition coefficient (Wildman–Crippen LogP) is 2.39. The van der Waals surface area contributed by atoms with Gasteiger partial charge in [0, 0.05) is 19.6 Å². The van der Waals surface area contributed by atoms with E-state index in [1.165, 1.54) is 0 Å². The third-order valence-electron chi connectivity index (χ3n) is 4.95. The average molecular weight is 428 g/mol. The van der Waals surface area contributed by atoms with Crippen LogP contribution in [0.3, 0.4) is 0 Å². The highest BCUT2D eigenvalue weighted by Crippen LogP contribution is 2.28. The standard InChI is InChI=1S/C23H28N2O6/c1-3-29-21(22(24)26)13-16-5-7-17(8-6-16)30-12-4-11-25-15-31-20-10-9-18(28-2)14-19(20)23(25)27/h5-10,14,21H,3-4,11-13,15H2,1-2H3,(H2,24,26). The maximum atomic E-state index is 12.7. The molecule has 2 N–H and O–H groups in total. The van der Waals surface area contributed by atoms with E-state index >= 15 is 0 Å². The van der Waals surface area contributed by atoms with Crippen LogP contribution in [0.25, 0.3) is 0 Å². The molecule has 0 saturated heterocycles. The molecule has 0 bridgehead atoms. The molecule has 2 aromatic rings. The lowest BCUT2D eigenvalue weighted by Gasteiger charge is -2.28. The Kier molecular flexibility index (Phi) is 7.72. The molecule has 1 unspecified atom stereocenters. The second-order valence-electron chi connectivity index (χ2n) is 7.10. The number of nitrogens with two attached hydrogens (primary N) is 1. The van der Waals surface area contributed by atoms with Crippen LogP contribution in [0.5, 0.6) is 17.2 Å². The van der Waals surface area contributed by atoms with Gasteiger partial charge in [0.1, 0.15) is 23.4 Å². The summed E-state index contributed by atoms with van der Waals surface area (Å²) in [6, 6.07) is 12.7. The maximum Gasteiger partial charge on any atom is 0.260 e. The number of amides is 2. The van der Waals surface area contributed by atoms with Crippen molar-refractivity contribution in [3.8, 4) is 17.2 Å². The molecule has 3 rings (SSSR count). The number of methoxy groups -OCH3 is 1. The zero-order valence-electron chi connectivity index (χ0n) is 17.8. The largest absolute Gasteiger partial charge is 0.497 e. The third-order valence-corrected chi connectivity index (χ3v) is 4.95. The lowest BCUT2D eigenvalue weighted by molar-refractivity contribution is -0.129. The molecule has 2 aromatic carbocycles. The average Bonchev–Trinajstić information content (AvgIpc) is 2.78. The van der Waals surface area contributed by atoms with Crippen LogP contribution in [0.4, 0.5) is 0 Å². The lowest BCUT2D eigenvalue weighted by atomic mass is 10.1. The van der Waals surface area contributed by atoms with Crippen molar-refractivity contribution in [2.24, 2.45) is 5.73 Å². The van der Waals surface area contributed by atoms with Crippen molar-refractivity contribution < 1.29 is 28.5 Å². The first-order valence-corrected chi connectivity index (χ1v) is 10.2. The van der Waals surface area contributed by atoms with Gasteiger partial charge < -0.3 is 29.6 Å². The summed E-state index contributed by atoms with van der Waals surface area (Å²) < 4.78 is 22.0. The van der Waals surface area contributed by atoms with Gasteiger partial charge in [-0.3, -0.25) is 9.59 Å². The minimum atomic E-state index is -0.633. The van der Waals surface area contributed by atoms with Crippen molar-refractivity contribution >= 4 is 11.8 Å². The molecule has 1 heterocycles. The lowest BCUT2D eigenvalue weighted by Crippen LogP contribution is -2.39. The minimum Gasteiger partial charge on any atom is -0.497 e. The Hall–Kier alpha value is -3.26. The van der Waals surface area contributed by atoms with Crippen molar-refractivity contribution in [1.29, 1.82) is 0 Å². The van der Waals surface area contributed by atoms with E-state index in [9.17, 15) is 9.59 Å². The fourth-order valence-corrected chi connectivity index (χ4v) is 3.30. The molecule has 0 aliphatic carbocycles. The molecule has 0 fully saturated rings. The second-order valence-corrected chi connectivity index (χ2v) is 7.10. The van der Waals surface area contributed by atoms with Crippen molar-refractivity contribution in [3.63, 3.8) is 0 Å². The molecular formula is C23H28N2O6. The molecule has 0 saturated carbocycles. The van der Waals surface area contributed by atoms with Crippen LogP contribution in [0, 0.1) is 0 Å². The number of carbonyl (C=O) groups is 2. The first-order chi connectivity index (χ1) is 15.0. The molecular weight excluding hydrogens is 400 g/mol. The van der Waals surface area contributed by atoms with Gasteiger partial charge >= 0.3 is 0 Å². The summed E-state index contributed by atoms with van der Waals surface area (Å²) in [6.45, 7) is 3.44. The number of hydrogen-bond donors (Lipinski definition) is 1. The summed E-state index contributed by atoms with van der Waals surface area (Å²) in [7, 11) is 1.56. The van der Waals surface area contributed by atoms with Gasteiger partial charge in [-0.1, -0.05) is 12.1 Å². The highest BCUT2D eigenvalue weighted by atomic mass is 16.5. The van der Waals surface area contributed by atoms with Gasteiger partial charge in [0.05, 0.1) is 19.3 Å². The smallest absolute Gasteiger partial charge is 0.260 e. The summed E-state index contributed by atoms with van der Waals surface area (Å²) in [4.78, 5) is 25.7. The SMILES string of the molecule is CCOC(Cc1ccc(OCCCN2COc3ccc(OC)cc3C2=O)cc1)C(N)=O. The van der Waals surface area contributed by atoms with Gasteiger partial charge in [0.25, 0.3) is 5.91 Å². The molecule has 0 aromatic heterocycles. The Morgan fingerprint density at radius 3 is 2.61 bits per heavy atom. The third kappa shape index (κ3) is 5.88. The molecule has 0 radical (unpaired) electrons. The Bertz CT molecular complexity index is 899. The summed E-state index contributed by atoms with van der Waals surface area (Å²) in [5, 5.41) is 0.